The molecule has 37 nitrogen and oxygen atoms in total. The molecule has 1 aliphatic rings. The van der Waals surface area contributed by atoms with Gasteiger partial charge in [0, 0.05) is 122 Å². The Hall–Kier alpha value is -10.7. The quantitative estimate of drug-likeness (QED) is 0.0247. The molecule has 0 saturated heterocycles. The van der Waals surface area contributed by atoms with Crippen molar-refractivity contribution in [3.05, 3.63) is 104 Å². The Morgan fingerprint density at radius 2 is 1.07 bits per heavy atom. The molecule has 1 aliphatic carbocycles. The Balaban J connectivity index is 0.663. The molecule has 674 valence electrons. The number of nitrogens with one attached hydrogen (secondary N) is 11. The van der Waals surface area contributed by atoms with E-state index in [4.69, 9.17) is 40.9 Å². The van der Waals surface area contributed by atoms with Crippen LogP contribution in [0.5, 0.6) is 11.5 Å². The summed E-state index contributed by atoms with van der Waals surface area (Å²) in [6, 6.07) is 17.4. The fraction of sp³-hybridized carbons (Fsp3) is 0.600. The monoisotopic (exact) mass is 1710 g/mol. The number of anilines is 1. The number of primary amides is 1. The molecule has 122 heavy (non-hydrogen) atoms. The van der Waals surface area contributed by atoms with Crippen LogP contribution in [0.25, 0.3) is 22.6 Å². The largest absolute Gasteiger partial charge is 0.508 e. The second-order valence-electron chi connectivity index (χ2n) is 30.1. The summed E-state index contributed by atoms with van der Waals surface area (Å²) in [5.74, 6) is -3.16. The molecule has 11 amide bonds. The highest BCUT2D eigenvalue weighted by molar-refractivity contribution is 5.92. The molecule has 0 fully saturated rings. The van der Waals surface area contributed by atoms with Gasteiger partial charge in [-0.05, 0) is 175 Å². The fourth-order valence-corrected chi connectivity index (χ4v) is 13.6. The van der Waals surface area contributed by atoms with Gasteiger partial charge < -0.3 is 104 Å². The predicted molar refractivity (Wildman–Crippen MR) is 459 cm³/mol. The van der Waals surface area contributed by atoms with Gasteiger partial charge in [0.25, 0.3) is 11.5 Å². The maximum Gasteiger partial charge on any atom is 0.332 e. The van der Waals surface area contributed by atoms with Crippen LogP contribution in [-0.2, 0) is 104 Å². The van der Waals surface area contributed by atoms with Crippen molar-refractivity contribution in [2.24, 2.45) is 17.2 Å². The van der Waals surface area contributed by atoms with Gasteiger partial charge in [-0.15, -0.1) is 0 Å². The van der Waals surface area contributed by atoms with Crippen molar-refractivity contribution in [3.8, 4) is 22.9 Å². The highest BCUT2D eigenvalue weighted by Crippen LogP contribution is 2.31. The molecule has 6 rings (SSSR count). The van der Waals surface area contributed by atoms with E-state index >= 15 is 0 Å². The normalized spacial score (nSPS) is 13.4. The van der Waals surface area contributed by atoms with Crippen molar-refractivity contribution >= 4 is 81.8 Å². The molecule has 0 radical (unpaired) electrons. The van der Waals surface area contributed by atoms with E-state index in [0.29, 0.717) is 131 Å². The van der Waals surface area contributed by atoms with Gasteiger partial charge in [-0.2, -0.15) is 0 Å². The molecule has 2 heterocycles. The highest BCUT2D eigenvalue weighted by Gasteiger charge is 2.27. The fourth-order valence-electron chi connectivity index (χ4n) is 13.6. The van der Waals surface area contributed by atoms with Crippen LogP contribution in [-0.4, -0.2) is 243 Å². The Morgan fingerprint density at radius 1 is 0.549 bits per heavy atom. The summed E-state index contributed by atoms with van der Waals surface area (Å²) in [5, 5.41) is 37.6. The average molecular weight is 1710 g/mol. The number of phenolic OH excluding ortho intramolecular Hbond substituents is 1. The smallest absolute Gasteiger partial charge is 0.332 e. The van der Waals surface area contributed by atoms with Crippen LogP contribution in [0.15, 0.2) is 76.3 Å². The number of nitrogens with zero attached hydrogens (tertiary/aromatic N) is 4. The molecule has 0 bridgehead atoms. The Morgan fingerprint density at radius 3 is 1.64 bits per heavy atom. The first-order chi connectivity index (χ1) is 58.9. The number of unbranched alkanes of at least 4 members (excludes halogenated alkanes) is 3. The predicted octanol–water partition coefficient (Wildman–Crippen LogP) is 1.77. The maximum absolute atomic E-state index is 13.1. The molecular formula is C85H130N18O19. The van der Waals surface area contributed by atoms with Crippen molar-refractivity contribution in [3.63, 3.8) is 0 Å². The first-order valence-electron chi connectivity index (χ1n) is 42.8. The van der Waals surface area contributed by atoms with Gasteiger partial charge in [-0.25, -0.2) is 9.78 Å². The standard InChI is InChI=1S/C85H130N18O19/c1-5-44-101(63-26-29-65-61(56-63)15-14-19-70(65)105)47-36-59-20-24-62(25-21-59)97-74(109)31-30-67(87)82(114)94-38-12-9-17-68(78(88)112)98-75(110)35-34-73(108)92-42-50-119-53-52-118-48-40-90-71(106)32-33-72(107)91-41-49-120-54-55-121-51-43-95-83(115)69(96-58(4)104)18-10-13-39-93-81(113)66(86)16-8-11-37-89-76(111)57-122-64-27-22-60(23-28-64)79-99-77-80(100-79)102(45-6-2)85(117)103(46-7-3)84(77)116/h14-15,19-25,27-28,63,66-69,105H,5-13,16-18,26,29-57,86-87H2,1-4H3,(H2,88,112)(H,89,111)(H,90,106)(H,91,107)(H,92,108)(H,93,113)(H,94,114)(H,95,115)(H,96,104)(H,97,109)(H,98,110)(H,99,100). The van der Waals surface area contributed by atoms with Crippen molar-refractivity contribution in [2.75, 3.05) is 124 Å². The number of phenols is 1. The molecule has 0 aliphatic heterocycles. The van der Waals surface area contributed by atoms with Crippen LogP contribution < -0.4 is 86.4 Å². The number of aryl methyl sites for hydroxylation is 1. The third-order valence-corrected chi connectivity index (χ3v) is 20.2. The number of hydrogen-bond donors (Lipinski definition) is 15. The third-order valence-electron chi connectivity index (χ3n) is 20.2. The lowest BCUT2D eigenvalue weighted by molar-refractivity contribution is -0.129. The van der Waals surface area contributed by atoms with Crippen LogP contribution in [0.2, 0.25) is 0 Å². The van der Waals surface area contributed by atoms with E-state index in [2.05, 4.69) is 81.0 Å². The summed E-state index contributed by atoms with van der Waals surface area (Å²) in [4.78, 5) is 174. The lowest BCUT2D eigenvalue weighted by Gasteiger charge is -2.35. The van der Waals surface area contributed by atoms with Gasteiger partial charge in [0.1, 0.15) is 34.9 Å². The van der Waals surface area contributed by atoms with Crippen LogP contribution in [0.1, 0.15) is 166 Å². The molecule has 0 spiro atoms. The van der Waals surface area contributed by atoms with E-state index in [1.165, 1.54) is 21.6 Å². The average Bonchev–Trinajstić information content (AvgIpc) is 1.59. The number of aromatic nitrogens is 4. The lowest BCUT2D eigenvalue weighted by Crippen LogP contribution is -2.47. The number of nitrogens with two attached hydrogens (primary N) is 3. The van der Waals surface area contributed by atoms with E-state index in [-0.39, 0.29) is 190 Å². The van der Waals surface area contributed by atoms with Gasteiger partial charge in [-0.1, -0.05) is 45.0 Å². The number of hydrogen-bond acceptors (Lipinski definition) is 23. The van der Waals surface area contributed by atoms with Gasteiger partial charge >= 0.3 is 5.69 Å². The minimum atomic E-state index is -0.977. The summed E-state index contributed by atoms with van der Waals surface area (Å²) in [5.41, 5.74) is 22.3. The van der Waals surface area contributed by atoms with Crippen LogP contribution in [0.4, 0.5) is 5.69 Å². The minimum absolute atomic E-state index is 0.0331. The molecule has 5 atom stereocenters. The zero-order valence-electron chi connectivity index (χ0n) is 71.3. The summed E-state index contributed by atoms with van der Waals surface area (Å²) in [6.07, 6.45) is 9.83. The van der Waals surface area contributed by atoms with Gasteiger partial charge in [0.2, 0.25) is 59.1 Å². The highest BCUT2D eigenvalue weighted by atomic mass is 16.5. The third kappa shape index (κ3) is 37.7. The SMILES string of the molecule is CCCN(CCc1ccc(NC(=O)CCC(N)C(=O)NCCCCC(NC(=O)CCC(=O)NCCOCCOCCNC(=O)CCC(=O)NCCOCCOCCNC(=O)C(CCCCNC(=O)C(N)CCCCNC(=O)COc2ccc(-c3nc4c([nH]3)c(=O)n(CCC)c(=O)n4CCC)cc2)NC(C)=O)C(N)=O)cc1)C1CCc2c(O)cccc2C1. The Labute approximate surface area is 712 Å². The number of amides is 11. The molecule has 5 aromatic rings. The zero-order valence-corrected chi connectivity index (χ0v) is 71.3. The van der Waals surface area contributed by atoms with Crippen molar-refractivity contribution in [2.45, 2.75) is 212 Å². The van der Waals surface area contributed by atoms with E-state index in [0.717, 1.165) is 56.3 Å². The van der Waals surface area contributed by atoms with E-state index in [9.17, 15) is 67.4 Å². The maximum atomic E-state index is 13.1. The van der Waals surface area contributed by atoms with Gasteiger partial charge in [-0.3, -0.25) is 71.6 Å². The van der Waals surface area contributed by atoms with Gasteiger partial charge in [0.05, 0.1) is 64.9 Å². The molecular weight excluding hydrogens is 1580 g/mol. The number of H-pyrrole nitrogens is 1. The number of aromatic hydroxyl groups is 1. The Kier molecular flexibility index (Phi) is 46.6. The number of ether oxygens (including phenoxy) is 5. The molecule has 3 aromatic carbocycles. The van der Waals surface area contributed by atoms with Crippen molar-refractivity contribution in [1.82, 2.24) is 71.9 Å². The molecule has 18 N–H and O–H groups in total. The molecule has 0 saturated carbocycles. The summed E-state index contributed by atoms with van der Waals surface area (Å²) < 4.78 is 30.4. The summed E-state index contributed by atoms with van der Waals surface area (Å²) >= 11 is 0. The van der Waals surface area contributed by atoms with Crippen molar-refractivity contribution < 1.29 is 81.5 Å². The summed E-state index contributed by atoms with van der Waals surface area (Å²) in [7, 11) is 0. The lowest BCUT2D eigenvalue weighted by atomic mass is 9.86. The van der Waals surface area contributed by atoms with Crippen molar-refractivity contribution in [1.29, 1.82) is 0 Å². The topological polar surface area (TPSA) is 528 Å². The van der Waals surface area contributed by atoms with E-state index in [1.807, 2.05) is 44.2 Å². The number of fused-ring (bicyclic) bond motifs is 2. The molecule has 5 unspecified atom stereocenters. The molecule has 2 aromatic heterocycles. The van der Waals surface area contributed by atoms with Crippen LogP contribution in [0, 0.1) is 0 Å². The molecule has 37 heteroatoms. The van der Waals surface area contributed by atoms with Crippen LogP contribution in [0.3, 0.4) is 0 Å². The number of carbonyl (C=O) groups is 11. The number of benzene rings is 3. The Bertz CT molecular complexity index is 4230. The number of carbonyl (C=O) groups excluding carboxylic acids is 11. The zero-order chi connectivity index (χ0) is 88.4. The summed E-state index contributed by atoms with van der Waals surface area (Å²) in [6.45, 7) is 13.1. The minimum Gasteiger partial charge on any atom is -0.508 e. The first kappa shape index (κ1) is 100. The number of rotatable bonds is 63. The van der Waals surface area contributed by atoms with Gasteiger partial charge in [0.15, 0.2) is 12.3 Å². The first-order valence-corrected chi connectivity index (χ1v) is 42.8. The second kappa shape index (κ2) is 56.8. The van der Waals surface area contributed by atoms with E-state index in [1.54, 1.807) is 30.3 Å². The van der Waals surface area contributed by atoms with Crippen LogP contribution >= 0.6 is 0 Å². The number of aromatic amines is 1. The second-order valence-corrected chi connectivity index (χ2v) is 30.1. The van der Waals surface area contributed by atoms with E-state index < -0.39 is 53.4 Å². The number of imidazole rings is 1.